The van der Waals surface area contributed by atoms with E-state index in [2.05, 4.69) is 9.38 Å². The highest BCUT2D eigenvalue weighted by molar-refractivity contribution is 5.62. The molecule has 0 unspecified atom stereocenters. The van der Waals surface area contributed by atoms with E-state index in [-0.39, 0.29) is 5.56 Å². The number of aromatic nitrogens is 4. The van der Waals surface area contributed by atoms with Gasteiger partial charge in [-0.15, -0.1) is 0 Å². The summed E-state index contributed by atoms with van der Waals surface area (Å²) in [5, 5.41) is 0. The molecule has 30 heavy (non-hydrogen) atoms. The van der Waals surface area contributed by atoms with Crippen LogP contribution in [-0.2, 0) is 19.0 Å². The molecule has 0 saturated carbocycles. The average Bonchev–Trinajstić information content (AvgIpc) is 3.11. The van der Waals surface area contributed by atoms with Crippen LogP contribution in [0.25, 0.3) is 22.5 Å². The fourth-order valence-electron chi connectivity index (χ4n) is 3.94. The molecule has 4 aromatic heterocycles. The van der Waals surface area contributed by atoms with E-state index in [1.165, 1.54) is 22.4 Å². The first-order chi connectivity index (χ1) is 14.4. The van der Waals surface area contributed by atoms with Crippen molar-refractivity contribution in [1.29, 1.82) is 0 Å². The number of alkyl halides is 3. The van der Waals surface area contributed by atoms with Crippen LogP contribution in [0.15, 0.2) is 59.8 Å². The number of hydrogen-bond donors (Lipinski definition) is 0. The standard InChI is InChI=1S/C22H17F3N4O/c23-22(24,25)19-6-5-15(13-26-19)14-7-9-28(21(30)11-14)16-8-10-29-18-4-2-1-3-17(18)27-20(29)12-16/h5-13H,1-4H2. The molecule has 152 valence electrons. The van der Waals surface area contributed by atoms with Crippen molar-refractivity contribution in [1.82, 2.24) is 18.9 Å². The van der Waals surface area contributed by atoms with Gasteiger partial charge in [-0.3, -0.25) is 14.3 Å². The molecule has 0 amide bonds. The molecule has 5 nitrogen and oxygen atoms in total. The Morgan fingerprint density at radius 2 is 1.77 bits per heavy atom. The van der Waals surface area contributed by atoms with Crippen LogP contribution >= 0.6 is 0 Å². The van der Waals surface area contributed by atoms with E-state index < -0.39 is 11.9 Å². The van der Waals surface area contributed by atoms with Gasteiger partial charge in [0, 0.05) is 42.0 Å². The average molecular weight is 410 g/mol. The molecule has 0 bridgehead atoms. The molecule has 0 saturated heterocycles. The van der Waals surface area contributed by atoms with E-state index in [0.29, 0.717) is 16.8 Å². The highest BCUT2D eigenvalue weighted by Gasteiger charge is 2.32. The molecule has 5 rings (SSSR count). The van der Waals surface area contributed by atoms with Gasteiger partial charge in [-0.1, -0.05) is 6.07 Å². The molecule has 1 aliphatic carbocycles. The second kappa shape index (κ2) is 6.83. The van der Waals surface area contributed by atoms with E-state index in [0.717, 1.165) is 49.3 Å². The van der Waals surface area contributed by atoms with Crippen molar-refractivity contribution in [2.45, 2.75) is 31.9 Å². The molecule has 0 spiro atoms. The molecule has 4 aromatic rings. The maximum Gasteiger partial charge on any atom is 0.433 e. The lowest BCUT2D eigenvalue weighted by molar-refractivity contribution is -0.141. The maximum atomic E-state index is 12.7. The van der Waals surface area contributed by atoms with Crippen molar-refractivity contribution in [3.8, 4) is 16.8 Å². The Kier molecular flexibility index (Phi) is 4.23. The van der Waals surface area contributed by atoms with Crippen molar-refractivity contribution in [3.63, 3.8) is 0 Å². The molecule has 0 radical (unpaired) electrons. The molecular weight excluding hydrogens is 393 g/mol. The van der Waals surface area contributed by atoms with Crippen LogP contribution in [0.3, 0.4) is 0 Å². The zero-order chi connectivity index (χ0) is 20.9. The minimum absolute atomic E-state index is 0.284. The van der Waals surface area contributed by atoms with Gasteiger partial charge in [-0.2, -0.15) is 13.2 Å². The second-order valence-corrected chi connectivity index (χ2v) is 7.38. The lowest BCUT2D eigenvalue weighted by Crippen LogP contribution is -2.16. The first kappa shape index (κ1) is 18.6. The predicted octanol–water partition coefficient (Wildman–Crippen LogP) is 4.44. The summed E-state index contributed by atoms with van der Waals surface area (Å²) in [6, 6.07) is 9.05. The summed E-state index contributed by atoms with van der Waals surface area (Å²) in [6.45, 7) is 0. The summed E-state index contributed by atoms with van der Waals surface area (Å²) in [4.78, 5) is 20.9. The van der Waals surface area contributed by atoms with Crippen molar-refractivity contribution in [2.75, 3.05) is 0 Å². The summed E-state index contributed by atoms with van der Waals surface area (Å²) in [6.07, 6.45) is 4.46. The molecular formula is C22H17F3N4O. The molecule has 0 N–H and O–H groups in total. The first-order valence-electron chi connectivity index (χ1n) is 9.67. The first-order valence-corrected chi connectivity index (χ1v) is 9.67. The van der Waals surface area contributed by atoms with Crippen LogP contribution < -0.4 is 5.56 Å². The Hall–Kier alpha value is -3.42. The topological polar surface area (TPSA) is 52.2 Å². The fraction of sp³-hybridized carbons (Fsp3) is 0.227. The normalized spacial score (nSPS) is 14.1. The smallest absolute Gasteiger partial charge is 0.304 e. The van der Waals surface area contributed by atoms with Crippen molar-refractivity contribution < 1.29 is 13.2 Å². The van der Waals surface area contributed by atoms with Gasteiger partial charge in [0.15, 0.2) is 0 Å². The summed E-state index contributed by atoms with van der Waals surface area (Å²) < 4.78 is 41.6. The zero-order valence-electron chi connectivity index (χ0n) is 15.9. The summed E-state index contributed by atoms with van der Waals surface area (Å²) in [5.74, 6) is 0. The van der Waals surface area contributed by atoms with Gasteiger partial charge in [0.2, 0.25) is 0 Å². The van der Waals surface area contributed by atoms with E-state index in [4.69, 9.17) is 4.98 Å². The maximum absolute atomic E-state index is 12.7. The third-order valence-corrected chi connectivity index (χ3v) is 5.45. The predicted molar refractivity (Wildman–Crippen MR) is 106 cm³/mol. The van der Waals surface area contributed by atoms with Crippen molar-refractivity contribution >= 4 is 5.65 Å². The number of nitrogens with zero attached hydrogens (tertiary/aromatic N) is 4. The summed E-state index contributed by atoms with van der Waals surface area (Å²) in [5.41, 5.74) is 3.56. The molecule has 0 fully saturated rings. The summed E-state index contributed by atoms with van der Waals surface area (Å²) in [7, 11) is 0. The van der Waals surface area contributed by atoms with Gasteiger partial charge in [0.25, 0.3) is 5.56 Å². The molecule has 0 aromatic carbocycles. The third kappa shape index (κ3) is 3.18. The molecule has 4 heterocycles. The van der Waals surface area contributed by atoms with Crippen LogP contribution in [0.5, 0.6) is 0 Å². The van der Waals surface area contributed by atoms with Gasteiger partial charge in [0.05, 0.1) is 11.4 Å². The lowest BCUT2D eigenvalue weighted by atomic mass is 10.0. The molecule has 1 aliphatic rings. The minimum atomic E-state index is -4.49. The zero-order valence-corrected chi connectivity index (χ0v) is 15.9. The largest absolute Gasteiger partial charge is 0.433 e. The lowest BCUT2D eigenvalue weighted by Gasteiger charge is -2.11. The van der Waals surface area contributed by atoms with Crippen LogP contribution in [0, 0.1) is 0 Å². The molecule has 8 heteroatoms. The van der Waals surface area contributed by atoms with Crippen LogP contribution in [-0.4, -0.2) is 18.9 Å². The van der Waals surface area contributed by atoms with E-state index in [1.54, 1.807) is 12.3 Å². The monoisotopic (exact) mass is 410 g/mol. The third-order valence-electron chi connectivity index (χ3n) is 5.45. The van der Waals surface area contributed by atoms with Gasteiger partial charge in [0.1, 0.15) is 11.3 Å². The minimum Gasteiger partial charge on any atom is -0.304 e. The van der Waals surface area contributed by atoms with Crippen LogP contribution in [0.1, 0.15) is 29.9 Å². The number of hydrogen-bond acceptors (Lipinski definition) is 3. The Balaban J connectivity index is 1.50. The Bertz CT molecular complexity index is 1300. The van der Waals surface area contributed by atoms with Gasteiger partial charge >= 0.3 is 6.18 Å². The summed E-state index contributed by atoms with van der Waals surface area (Å²) >= 11 is 0. The SMILES string of the molecule is O=c1cc(-c2ccc(C(F)(F)F)nc2)ccn1-c1ccn2c3c(nc2c1)CCCC3. The van der Waals surface area contributed by atoms with Gasteiger partial charge in [-0.25, -0.2) is 4.98 Å². The number of imidazole rings is 1. The van der Waals surface area contributed by atoms with Gasteiger partial charge < -0.3 is 4.40 Å². The Labute approximate surface area is 169 Å². The van der Waals surface area contributed by atoms with E-state index in [1.807, 2.05) is 18.3 Å². The van der Waals surface area contributed by atoms with Crippen molar-refractivity contribution in [2.24, 2.45) is 0 Å². The Morgan fingerprint density at radius 3 is 2.50 bits per heavy atom. The van der Waals surface area contributed by atoms with Crippen molar-refractivity contribution in [3.05, 3.63) is 82.4 Å². The van der Waals surface area contributed by atoms with Gasteiger partial charge in [-0.05, 0) is 49.4 Å². The number of pyridine rings is 3. The molecule has 0 atom stereocenters. The Morgan fingerprint density at radius 1 is 0.933 bits per heavy atom. The quantitative estimate of drug-likeness (QED) is 0.491. The highest BCUT2D eigenvalue weighted by atomic mass is 19.4. The number of fused-ring (bicyclic) bond motifs is 3. The van der Waals surface area contributed by atoms with E-state index >= 15 is 0 Å². The number of aryl methyl sites for hydroxylation is 2. The number of rotatable bonds is 2. The number of halogens is 3. The van der Waals surface area contributed by atoms with Crippen LogP contribution in [0.2, 0.25) is 0 Å². The highest BCUT2D eigenvalue weighted by Crippen LogP contribution is 2.29. The fourth-order valence-corrected chi connectivity index (χ4v) is 3.94. The second-order valence-electron chi connectivity index (χ2n) is 7.38. The molecule has 0 aliphatic heterocycles. The van der Waals surface area contributed by atoms with Crippen LogP contribution in [0.4, 0.5) is 13.2 Å². The van der Waals surface area contributed by atoms with E-state index in [9.17, 15) is 18.0 Å².